The molecule has 0 spiro atoms. The SMILES string of the molecule is CCn1c(-c2ccc3c(c2)OCCO3)cnc1SC(C)C. The monoisotopic (exact) mass is 304 g/mol. The molecule has 2 heterocycles. The van der Waals surface area contributed by atoms with Crippen LogP contribution in [0.1, 0.15) is 20.8 Å². The molecule has 21 heavy (non-hydrogen) atoms. The summed E-state index contributed by atoms with van der Waals surface area (Å²) in [4.78, 5) is 4.57. The molecule has 0 saturated carbocycles. The Kier molecular flexibility index (Phi) is 4.10. The molecule has 4 nitrogen and oxygen atoms in total. The lowest BCUT2D eigenvalue weighted by molar-refractivity contribution is 0.171. The van der Waals surface area contributed by atoms with Gasteiger partial charge in [-0.1, -0.05) is 25.6 Å². The van der Waals surface area contributed by atoms with Crippen LogP contribution < -0.4 is 9.47 Å². The molecule has 1 aromatic heterocycles. The lowest BCUT2D eigenvalue weighted by atomic mass is 10.1. The second-order valence-electron chi connectivity index (χ2n) is 5.20. The Bertz CT molecular complexity index is 637. The molecule has 0 fully saturated rings. The van der Waals surface area contributed by atoms with Gasteiger partial charge in [-0.15, -0.1) is 0 Å². The van der Waals surface area contributed by atoms with Crippen molar-refractivity contribution in [3.8, 4) is 22.8 Å². The molecule has 0 unspecified atom stereocenters. The highest BCUT2D eigenvalue weighted by Crippen LogP contribution is 2.36. The molecule has 0 bridgehead atoms. The summed E-state index contributed by atoms with van der Waals surface area (Å²) in [5.74, 6) is 1.64. The van der Waals surface area contributed by atoms with E-state index in [1.807, 2.05) is 18.3 Å². The van der Waals surface area contributed by atoms with Gasteiger partial charge in [-0.25, -0.2) is 4.98 Å². The van der Waals surface area contributed by atoms with E-state index in [1.54, 1.807) is 11.8 Å². The van der Waals surface area contributed by atoms with Gasteiger partial charge in [0.25, 0.3) is 0 Å². The highest BCUT2D eigenvalue weighted by Gasteiger charge is 2.16. The van der Waals surface area contributed by atoms with Crippen molar-refractivity contribution in [2.24, 2.45) is 0 Å². The largest absolute Gasteiger partial charge is 0.486 e. The molecule has 1 aliphatic rings. The van der Waals surface area contributed by atoms with Gasteiger partial charge in [-0.05, 0) is 25.1 Å². The summed E-state index contributed by atoms with van der Waals surface area (Å²) in [6, 6.07) is 6.09. The number of ether oxygens (including phenoxy) is 2. The quantitative estimate of drug-likeness (QED) is 0.804. The topological polar surface area (TPSA) is 36.3 Å². The molecule has 1 aromatic carbocycles. The van der Waals surface area contributed by atoms with Crippen molar-refractivity contribution < 1.29 is 9.47 Å². The van der Waals surface area contributed by atoms with E-state index in [4.69, 9.17) is 9.47 Å². The van der Waals surface area contributed by atoms with Gasteiger partial charge in [-0.2, -0.15) is 0 Å². The number of fused-ring (bicyclic) bond motifs is 1. The van der Waals surface area contributed by atoms with Gasteiger partial charge in [0, 0.05) is 17.4 Å². The van der Waals surface area contributed by atoms with Crippen molar-refractivity contribution in [1.29, 1.82) is 0 Å². The summed E-state index contributed by atoms with van der Waals surface area (Å²) in [6.07, 6.45) is 1.94. The highest BCUT2D eigenvalue weighted by atomic mass is 32.2. The molecule has 0 N–H and O–H groups in total. The summed E-state index contributed by atoms with van der Waals surface area (Å²) in [5, 5.41) is 1.59. The van der Waals surface area contributed by atoms with Gasteiger partial charge >= 0.3 is 0 Å². The Hall–Kier alpha value is -1.62. The highest BCUT2D eigenvalue weighted by molar-refractivity contribution is 7.99. The first kappa shape index (κ1) is 14.3. The maximum absolute atomic E-state index is 5.67. The third-order valence-electron chi connectivity index (χ3n) is 3.31. The van der Waals surface area contributed by atoms with E-state index >= 15 is 0 Å². The number of rotatable bonds is 4. The van der Waals surface area contributed by atoms with Crippen LogP contribution in [0.3, 0.4) is 0 Å². The van der Waals surface area contributed by atoms with E-state index < -0.39 is 0 Å². The second-order valence-corrected chi connectivity index (χ2v) is 6.74. The third kappa shape index (κ3) is 2.88. The summed E-state index contributed by atoms with van der Waals surface area (Å²) in [5.41, 5.74) is 2.24. The zero-order chi connectivity index (χ0) is 14.8. The maximum atomic E-state index is 5.67. The number of thioether (sulfide) groups is 1. The number of nitrogens with zero attached hydrogens (tertiary/aromatic N) is 2. The average molecular weight is 304 g/mol. The van der Waals surface area contributed by atoms with Crippen LogP contribution in [-0.4, -0.2) is 28.0 Å². The van der Waals surface area contributed by atoms with Gasteiger partial charge in [0.1, 0.15) is 13.2 Å². The van der Waals surface area contributed by atoms with Gasteiger partial charge in [0.05, 0.1) is 11.9 Å². The Labute approximate surface area is 129 Å². The molecule has 0 saturated heterocycles. The van der Waals surface area contributed by atoms with E-state index in [1.165, 1.54) is 0 Å². The third-order valence-corrected chi connectivity index (χ3v) is 4.32. The predicted molar refractivity (Wildman–Crippen MR) is 85.3 cm³/mol. The first-order chi connectivity index (χ1) is 10.2. The minimum absolute atomic E-state index is 0.519. The second kappa shape index (κ2) is 6.02. The Morgan fingerprint density at radius 1 is 1.24 bits per heavy atom. The maximum Gasteiger partial charge on any atom is 0.168 e. The van der Waals surface area contributed by atoms with Crippen LogP contribution in [0, 0.1) is 0 Å². The lowest BCUT2D eigenvalue weighted by Crippen LogP contribution is -2.15. The van der Waals surface area contributed by atoms with Crippen molar-refractivity contribution >= 4 is 11.8 Å². The normalized spacial score (nSPS) is 13.7. The fourth-order valence-electron chi connectivity index (χ4n) is 2.40. The molecule has 0 amide bonds. The van der Waals surface area contributed by atoms with E-state index in [2.05, 4.69) is 36.4 Å². The summed E-state index contributed by atoms with van der Waals surface area (Å²) >= 11 is 1.79. The van der Waals surface area contributed by atoms with Crippen molar-refractivity contribution in [2.75, 3.05) is 13.2 Å². The molecule has 5 heteroatoms. The molecular formula is C16H20N2O2S. The smallest absolute Gasteiger partial charge is 0.168 e. The predicted octanol–water partition coefficient (Wildman–Crippen LogP) is 3.84. The van der Waals surface area contributed by atoms with Crippen molar-refractivity contribution in [3.05, 3.63) is 24.4 Å². The zero-order valence-corrected chi connectivity index (χ0v) is 13.4. The Morgan fingerprint density at radius 3 is 2.71 bits per heavy atom. The van der Waals surface area contributed by atoms with Crippen LogP contribution in [0.2, 0.25) is 0 Å². The number of hydrogen-bond acceptors (Lipinski definition) is 4. The molecular weight excluding hydrogens is 284 g/mol. The molecule has 2 aromatic rings. The van der Waals surface area contributed by atoms with Gasteiger partial charge in [0.2, 0.25) is 0 Å². The Balaban J connectivity index is 1.98. The zero-order valence-electron chi connectivity index (χ0n) is 12.6. The first-order valence-corrected chi connectivity index (χ1v) is 8.19. The van der Waals surface area contributed by atoms with E-state index in [0.717, 1.165) is 34.5 Å². The number of imidazole rings is 1. The van der Waals surface area contributed by atoms with Gasteiger partial charge in [0.15, 0.2) is 16.7 Å². The van der Waals surface area contributed by atoms with Crippen molar-refractivity contribution in [3.63, 3.8) is 0 Å². The standard InChI is InChI=1S/C16H20N2O2S/c1-4-18-13(10-17-16(18)21-11(2)3)12-5-6-14-15(9-12)20-8-7-19-14/h5-6,9-11H,4,7-8H2,1-3H3. The van der Waals surface area contributed by atoms with Crippen LogP contribution in [-0.2, 0) is 6.54 Å². The van der Waals surface area contributed by atoms with E-state index in [-0.39, 0.29) is 0 Å². The van der Waals surface area contributed by atoms with Crippen LogP contribution in [0.4, 0.5) is 0 Å². The van der Waals surface area contributed by atoms with Crippen molar-refractivity contribution in [1.82, 2.24) is 9.55 Å². The van der Waals surface area contributed by atoms with Crippen LogP contribution in [0.25, 0.3) is 11.3 Å². The molecule has 1 aliphatic heterocycles. The summed E-state index contributed by atoms with van der Waals surface area (Å²) in [7, 11) is 0. The number of aromatic nitrogens is 2. The minimum atomic E-state index is 0.519. The average Bonchev–Trinajstić information content (AvgIpc) is 2.88. The fraction of sp³-hybridized carbons (Fsp3) is 0.438. The van der Waals surface area contributed by atoms with Crippen LogP contribution in [0.5, 0.6) is 11.5 Å². The molecule has 0 atom stereocenters. The summed E-state index contributed by atoms with van der Waals surface area (Å²) < 4.78 is 13.5. The molecule has 3 rings (SSSR count). The molecule has 0 radical (unpaired) electrons. The number of hydrogen-bond donors (Lipinski definition) is 0. The Morgan fingerprint density at radius 2 is 2.00 bits per heavy atom. The molecule has 112 valence electrons. The number of benzene rings is 1. The van der Waals surface area contributed by atoms with Crippen LogP contribution in [0.15, 0.2) is 29.6 Å². The minimum Gasteiger partial charge on any atom is -0.486 e. The van der Waals surface area contributed by atoms with Gasteiger partial charge in [-0.3, -0.25) is 0 Å². The lowest BCUT2D eigenvalue weighted by Gasteiger charge is -2.19. The van der Waals surface area contributed by atoms with Crippen LogP contribution >= 0.6 is 11.8 Å². The van der Waals surface area contributed by atoms with Gasteiger partial charge < -0.3 is 14.0 Å². The first-order valence-electron chi connectivity index (χ1n) is 7.31. The van der Waals surface area contributed by atoms with E-state index in [0.29, 0.717) is 18.5 Å². The van der Waals surface area contributed by atoms with Crippen molar-refractivity contribution in [2.45, 2.75) is 37.7 Å². The van der Waals surface area contributed by atoms with E-state index in [9.17, 15) is 0 Å². The molecule has 0 aliphatic carbocycles. The summed E-state index contributed by atoms with van der Waals surface area (Å²) in [6.45, 7) is 8.64. The fourth-order valence-corrected chi connectivity index (χ4v) is 3.29.